The molecule has 1 amide bonds. The number of hydrogen-bond donors (Lipinski definition) is 2. The van der Waals surface area contributed by atoms with Crippen molar-refractivity contribution in [3.8, 4) is 0 Å². The van der Waals surface area contributed by atoms with Gasteiger partial charge < -0.3 is 14.6 Å². The maximum Gasteiger partial charge on any atom is 0.276 e. The molecule has 0 unspecified atom stereocenters. The zero-order valence-electron chi connectivity index (χ0n) is 12.8. The molecule has 1 aliphatic heterocycles. The lowest BCUT2D eigenvalue weighted by atomic mass is 10.2. The third-order valence-corrected chi connectivity index (χ3v) is 3.71. The predicted molar refractivity (Wildman–Crippen MR) is 89.2 cm³/mol. The number of aliphatic imine (C=N–C) groups is 1. The topological polar surface area (TPSA) is 82.6 Å². The van der Waals surface area contributed by atoms with Crippen LogP contribution >= 0.6 is 11.6 Å². The molecule has 0 saturated carbocycles. The molecule has 120 valence electrons. The van der Waals surface area contributed by atoms with Crippen molar-refractivity contribution in [2.45, 2.75) is 0 Å². The molecule has 0 bridgehead atoms. The first kappa shape index (κ1) is 15.5. The number of nitrogens with one attached hydrogen (secondary N) is 2. The van der Waals surface area contributed by atoms with Gasteiger partial charge in [0, 0.05) is 44.0 Å². The largest absolute Gasteiger partial charge is 0.383 e. The molecule has 8 heteroatoms. The van der Waals surface area contributed by atoms with Gasteiger partial charge in [-0.25, -0.2) is 9.98 Å². The van der Waals surface area contributed by atoms with Crippen LogP contribution in [0.25, 0.3) is 17.1 Å². The average Bonchev–Trinajstić information content (AvgIpc) is 3.09. The summed E-state index contributed by atoms with van der Waals surface area (Å²) in [7, 11) is 3.47. The maximum absolute atomic E-state index is 12.1. The second-order valence-electron chi connectivity index (χ2n) is 5.13. The number of likely N-dealkylation sites (N-methyl/N-ethyl adjacent to an activating group) is 1. The number of pyridine rings is 1. The van der Waals surface area contributed by atoms with Crippen LogP contribution in [-0.2, 0) is 9.53 Å². The third kappa shape index (κ3) is 3.20. The van der Waals surface area contributed by atoms with Crippen LogP contribution in [0.3, 0.4) is 0 Å². The first-order valence-electron chi connectivity index (χ1n) is 7.03. The molecule has 0 atom stereocenters. The number of carbonyl (C=O) groups is 1. The standard InChI is InChI=1S/C15H16ClN5O2/c1-21(3-4-23-2)15-19-12(14(22)20-15)5-9-7-17-13-11(9)6-10(16)8-18-13/h5-8H,3-4H2,1-2H3,(H,17,18)(H,19,20,22)/b12-5-. The Morgan fingerprint density at radius 1 is 1.48 bits per heavy atom. The summed E-state index contributed by atoms with van der Waals surface area (Å²) in [6, 6.07) is 1.80. The number of hydrogen-bond acceptors (Lipinski definition) is 5. The molecule has 3 rings (SSSR count). The number of aromatic nitrogens is 2. The van der Waals surface area contributed by atoms with Gasteiger partial charge in [-0.2, -0.15) is 0 Å². The lowest BCUT2D eigenvalue weighted by Crippen LogP contribution is -2.39. The molecule has 23 heavy (non-hydrogen) atoms. The monoisotopic (exact) mass is 333 g/mol. The number of ether oxygens (including phenoxy) is 1. The molecule has 0 fully saturated rings. The van der Waals surface area contributed by atoms with Gasteiger partial charge in [0.25, 0.3) is 5.91 Å². The second kappa shape index (κ2) is 6.39. The van der Waals surface area contributed by atoms with Crippen LogP contribution in [0.15, 0.2) is 29.1 Å². The molecule has 0 saturated heterocycles. The Labute approximate surface area is 138 Å². The van der Waals surface area contributed by atoms with Crippen LogP contribution in [0.5, 0.6) is 0 Å². The van der Waals surface area contributed by atoms with E-state index in [2.05, 4.69) is 20.3 Å². The highest BCUT2D eigenvalue weighted by Crippen LogP contribution is 2.23. The summed E-state index contributed by atoms with van der Waals surface area (Å²) in [6.45, 7) is 1.19. The molecule has 0 aromatic carbocycles. The van der Waals surface area contributed by atoms with Crippen molar-refractivity contribution in [3.05, 3.63) is 34.7 Å². The van der Waals surface area contributed by atoms with Gasteiger partial charge in [-0.15, -0.1) is 0 Å². The Morgan fingerprint density at radius 3 is 3.09 bits per heavy atom. The minimum Gasteiger partial charge on any atom is -0.383 e. The number of H-pyrrole nitrogens is 1. The summed E-state index contributed by atoms with van der Waals surface area (Å²) >= 11 is 5.98. The molecular formula is C15H16ClN5O2. The first-order valence-corrected chi connectivity index (χ1v) is 7.40. The number of halogens is 1. The fourth-order valence-corrected chi connectivity index (χ4v) is 2.39. The molecule has 3 heterocycles. The normalized spacial score (nSPS) is 16.0. The summed E-state index contributed by atoms with van der Waals surface area (Å²) in [5.41, 5.74) is 1.86. The Kier molecular flexibility index (Phi) is 4.31. The summed E-state index contributed by atoms with van der Waals surface area (Å²) in [5.74, 6) is 0.267. The Bertz CT molecular complexity index is 811. The van der Waals surface area contributed by atoms with Gasteiger partial charge in [-0.3, -0.25) is 10.1 Å². The lowest BCUT2D eigenvalue weighted by molar-refractivity contribution is -0.115. The molecule has 0 spiro atoms. The van der Waals surface area contributed by atoms with Crippen molar-refractivity contribution >= 4 is 40.6 Å². The van der Waals surface area contributed by atoms with E-state index in [1.54, 1.807) is 31.6 Å². The maximum atomic E-state index is 12.1. The number of aromatic amines is 1. The molecular weight excluding hydrogens is 318 g/mol. The van der Waals surface area contributed by atoms with E-state index < -0.39 is 0 Å². The van der Waals surface area contributed by atoms with Crippen LogP contribution in [0.2, 0.25) is 5.02 Å². The van der Waals surface area contributed by atoms with Gasteiger partial charge >= 0.3 is 0 Å². The lowest BCUT2D eigenvalue weighted by Gasteiger charge is -2.16. The Balaban J connectivity index is 1.90. The third-order valence-electron chi connectivity index (χ3n) is 3.50. The van der Waals surface area contributed by atoms with E-state index in [4.69, 9.17) is 16.3 Å². The smallest absolute Gasteiger partial charge is 0.276 e. The van der Waals surface area contributed by atoms with Gasteiger partial charge in [0.1, 0.15) is 11.3 Å². The summed E-state index contributed by atoms with van der Waals surface area (Å²) < 4.78 is 5.02. The van der Waals surface area contributed by atoms with Crippen molar-refractivity contribution in [1.29, 1.82) is 0 Å². The number of carbonyl (C=O) groups excluding carboxylic acids is 1. The highest BCUT2D eigenvalue weighted by Gasteiger charge is 2.22. The second-order valence-corrected chi connectivity index (χ2v) is 5.56. The van der Waals surface area contributed by atoms with E-state index in [1.807, 2.05) is 11.9 Å². The molecule has 2 N–H and O–H groups in total. The molecule has 0 radical (unpaired) electrons. The van der Waals surface area contributed by atoms with Gasteiger partial charge in [-0.05, 0) is 12.1 Å². The Hall–Kier alpha value is -2.38. The van der Waals surface area contributed by atoms with Gasteiger partial charge in [-0.1, -0.05) is 11.6 Å². The SMILES string of the molecule is COCCN(C)C1=N/C(=C\c2c[nH]c3ncc(Cl)cc23)C(=O)N1. The minimum atomic E-state index is -0.242. The van der Waals surface area contributed by atoms with Crippen LogP contribution in [0.4, 0.5) is 0 Å². The summed E-state index contributed by atoms with van der Waals surface area (Å²) in [5, 5.41) is 4.13. The predicted octanol–water partition coefficient (Wildman–Crippen LogP) is 1.62. The van der Waals surface area contributed by atoms with Crippen molar-refractivity contribution in [2.75, 3.05) is 27.3 Å². The van der Waals surface area contributed by atoms with Crippen molar-refractivity contribution in [3.63, 3.8) is 0 Å². The highest BCUT2D eigenvalue weighted by atomic mass is 35.5. The van der Waals surface area contributed by atoms with E-state index in [1.165, 1.54) is 0 Å². The summed E-state index contributed by atoms with van der Waals surface area (Å²) in [6.07, 6.45) is 5.06. The van der Waals surface area contributed by atoms with Crippen LogP contribution in [-0.4, -0.2) is 54.0 Å². The molecule has 7 nitrogen and oxygen atoms in total. The van der Waals surface area contributed by atoms with Crippen molar-refractivity contribution < 1.29 is 9.53 Å². The zero-order chi connectivity index (χ0) is 16.4. The van der Waals surface area contributed by atoms with E-state index in [9.17, 15) is 4.79 Å². The molecule has 2 aromatic rings. The fourth-order valence-electron chi connectivity index (χ4n) is 2.24. The average molecular weight is 334 g/mol. The van der Waals surface area contributed by atoms with E-state index in [0.29, 0.717) is 35.5 Å². The number of rotatable bonds is 4. The molecule has 1 aliphatic rings. The van der Waals surface area contributed by atoms with E-state index >= 15 is 0 Å². The molecule has 0 aliphatic carbocycles. The summed E-state index contributed by atoms with van der Waals surface area (Å²) in [4.78, 5) is 25.5. The quantitative estimate of drug-likeness (QED) is 0.833. The Morgan fingerprint density at radius 2 is 2.30 bits per heavy atom. The number of methoxy groups -OCH3 is 1. The van der Waals surface area contributed by atoms with E-state index in [-0.39, 0.29) is 5.91 Å². The fraction of sp³-hybridized carbons (Fsp3) is 0.267. The number of nitrogens with zero attached hydrogens (tertiary/aromatic N) is 3. The number of amides is 1. The number of guanidine groups is 1. The zero-order valence-corrected chi connectivity index (χ0v) is 13.5. The number of fused-ring (bicyclic) bond motifs is 1. The first-order chi connectivity index (χ1) is 11.1. The molecule has 2 aromatic heterocycles. The van der Waals surface area contributed by atoms with Crippen molar-refractivity contribution in [1.82, 2.24) is 20.2 Å². The highest BCUT2D eigenvalue weighted by molar-refractivity contribution is 6.31. The minimum absolute atomic E-state index is 0.242. The van der Waals surface area contributed by atoms with Crippen molar-refractivity contribution in [2.24, 2.45) is 4.99 Å². The van der Waals surface area contributed by atoms with Gasteiger partial charge in [0.05, 0.1) is 11.6 Å². The van der Waals surface area contributed by atoms with Gasteiger partial charge in [0.2, 0.25) is 5.96 Å². The van der Waals surface area contributed by atoms with E-state index in [0.717, 1.165) is 10.9 Å². The van der Waals surface area contributed by atoms with Crippen LogP contribution < -0.4 is 5.32 Å². The van der Waals surface area contributed by atoms with Crippen LogP contribution in [0, 0.1) is 0 Å². The van der Waals surface area contributed by atoms with Gasteiger partial charge in [0.15, 0.2) is 0 Å². The van der Waals surface area contributed by atoms with Crippen LogP contribution in [0.1, 0.15) is 5.56 Å².